The van der Waals surface area contributed by atoms with Gasteiger partial charge in [0.25, 0.3) is 0 Å². The van der Waals surface area contributed by atoms with E-state index in [1.807, 2.05) is 49.4 Å². The van der Waals surface area contributed by atoms with Crippen LogP contribution in [0.2, 0.25) is 0 Å². The second-order valence-corrected chi connectivity index (χ2v) is 7.22. The largest absolute Gasteiger partial charge is 0.422 e. The van der Waals surface area contributed by atoms with Crippen molar-refractivity contribution in [2.75, 3.05) is 7.11 Å². The molecule has 0 aliphatic rings. The lowest BCUT2D eigenvalue weighted by Crippen LogP contribution is -2.22. The summed E-state index contributed by atoms with van der Waals surface area (Å²) in [6, 6.07) is 13.8. The van der Waals surface area contributed by atoms with Crippen LogP contribution in [0.4, 0.5) is 0 Å². The van der Waals surface area contributed by atoms with Gasteiger partial charge in [0.1, 0.15) is 0 Å². The number of benzene rings is 1. The number of nitrogens with zero attached hydrogens (tertiary/aromatic N) is 2. The molecule has 0 saturated carbocycles. The van der Waals surface area contributed by atoms with Crippen molar-refractivity contribution in [3.05, 3.63) is 69.6 Å². The molecule has 136 valence electrons. The third-order valence-electron chi connectivity index (χ3n) is 3.87. The first-order chi connectivity index (χ1) is 12.7. The van der Waals surface area contributed by atoms with E-state index in [2.05, 4.69) is 15.5 Å². The third-order valence-corrected chi connectivity index (χ3v) is 4.87. The van der Waals surface area contributed by atoms with Gasteiger partial charge in [-0.3, -0.25) is 4.79 Å². The molecule has 1 aromatic carbocycles. The van der Waals surface area contributed by atoms with Gasteiger partial charge in [-0.1, -0.05) is 30.3 Å². The van der Waals surface area contributed by atoms with Gasteiger partial charge in [-0.05, 0) is 24.6 Å². The molecule has 0 radical (unpaired) electrons. The van der Waals surface area contributed by atoms with E-state index >= 15 is 0 Å². The number of amides is 1. The Morgan fingerprint density at radius 3 is 2.73 bits per heavy atom. The maximum atomic E-state index is 12.0. The van der Waals surface area contributed by atoms with Gasteiger partial charge in [0.2, 0.25) is 17.7 Å². The van der Waals surface area contributed by atoms with Crippen LogP contribution in [0.1, 0.15) is 39.6 Å². The average Bonchev–Trinajstić information content (AvgIpc) is 3.29. The van der Waals surface area contributed by atoms with Gasteiger partial charge < -0.3 is 14.5 Å². The molecule has 0 spiro atoms. The van der Waals surface area contributed by atoms with Crippen LogP contribution in [0, 0.1) is 6.92 Å². The smallest absolute Gasteiger partial charge is 0.249 e. The van der Waals surface area contributed by atoms with Gasteiger partial charge in [0.05, 0.1) is 6.54 Å². The quantitative estimate of drug-likeness (QED) is 0.656. The van der Waals surface area contributed by atoms with Crippen molar-refractivity contribution in [1.82, 2.24) is 15.5 Å². The second-order valence-electron chi connectivity index (χ2n) is 5.85. The van der Waals surface area contributed by atoms with Crippen LogP contribution in [-0.4, -0.2) is 23.2 Å². The number of methoxy groups -OCH3 is 1. The number of rotatable bonds is 8. The zero-order valence-corrected chi connectivity index (χ0v) is 15.6. The van der Waals surface area contributed by atoms with E-state index in [9.17, 15) is 4.79 Å². The Labute approximate surface area is 156 Å². The molecule has 3 rings (SSSR count). The summed E-state index contributed by atoms with van der Waals surface area (Å²) in [6.07, 6.45) is 0.288. The Morgan fingerprint density at radius 1 is 1.23 bits per heavy atom. The highest BCUT2D eigenvalue weighted by Crippen LogP contribution is 2.24. The number of aromatic nitrogens is 2. The Balaban J connectivity index is 1.52. The minimum atomic E-state index is -0.409. The fourth-order valence-electron chi connectivity index (χ4n) is 2.56. The number of aryl methyl sites for hydroxylation is 2. The minimum absolute atomic E-state index is 0.0397. The molecule has 3 aromatic rings. The first-order valence-corrected chi connectivity index (χ1v) is 9.19. The maximum absolute atomic E-state index is 12.0. The molecule has 0 saturated heterocycles. The highest BCUT2D eigenvalue weighted by Gasteiger charge is 2.20. The summed E-state index contributed by atoms with van der Waals surface area (Å²) < 4.78 is 11.2. The topological polar surface area (TPSA) is 77.2 Å². The molecule has 1 unspecified atom stereocenters. The predicted molar refractivity (Wildman–Crippen MR) is 98.8 cm³/mol. The molecule has 1 N–H and O–H groups in total. The van der Waals surface area contributed by atoms with Gasteiger partial charge in [-0.2, -0.15) is 0 Å². The molecule has 7 heteroatoms. The van der Waals surface area contributed by atoms with Crippen molar-refractivity contribution >= 4 is 17.2 Å². The van der Waals surface area contributed by atoms with Crippen LogP contribution in [0.5, 0.6) is 0 Å². The number of nitrogens with one attached hydrogen (secondary N) is 1. The minimum Gasteiger partial charge on any atom is -0.422 e. The van der Waals surface area contributed by atoms with E-state index in [0.717, 1.165) is 10.4 Å². The SMILES string of the molecule is COC(c1ccccc1)c1nnc(CCC(=O)NCc2ccc(C)s2)o1. The summed E-state index contributed by atoms with van der Waals surface area (Å²) in [6.45, 7) is 2.60. The van der Waals surface area contributed by atoms with Crippen LogP contribution >= 0.6 is 11.3 Å². The highest BCUT2D eigenvalue weighted by atomic mass is 32.1. The fraction of sp³-hybridized carbons (Fsp3) is 0.316. The van der Waals surface area contributed by atoms with Crippen molar-refractivity contribution < 1.29 is 13.9 Å². The first kappa shape index (κ1) is 18.3. The van der Waals surface area contributed by atoms with E-state index in [0.29, 0.717) is 31.2 Å². The molecular weight excluding hydrogens is 350 g/mol. The highest BCUT2D eigenvalue weighted by molar-refractivity contribution is 7.11. The van der Waals surface area contributed by atoms with Gasteiger partial charge in [0, 0.05) is 29.7 Å². The van der Waals surface area contributed by atoms with Crippen LogP contribution in [0.15, 0.2) is 46.9 Å². The Bertz CT molecular complexity index is 845. The number of hydrogen-bond acceptors (Lipinski definition) is 6. The lowest BCUT2D eigenvalue weighted by atomic mass is 10.1. The number of thiophene rings is 1. The summed E-state index contributed by atoms with van der Waals surface area (Å²) >= 11 is 1.68. The van der Waals surface area contributed by atoms with Crippen LogP contribution < -0.4 is 5.32 Å². The zero-order valence-electron chi connectivity index (χ0n) is 14.8. The van der Waals surface area contributed by atoms with Crippen molar-refractivity contribution in [1.29, 1.82) is 0 Å². The van der Waals surface area contributed by atoms with Gasteiger partial charge in [-0.15, -0.1) is 21.5 Å². The van der Waals surface area contributed by atoms with Gasteiger partial charge >= 0.3 is 0 Å². The summed E-state index contributed by atoms with van der Waals surface area (Å²) in [4.78, 5) is 14.4. The molecule has 0 aliphatic carbocycles. The molecule has 26 heavy (non-hydrogen) atoms. The normalized spacial score (nSPS) is 12.1. The summed E-state index contributed by atoms with van der Waals surface area (Å²) in [5.41, 5.74) is 0.939. The van der Waals surface area contributed by atoms with Crippen LogP contribution in [0.25, 0.3) is 0 Å². The average molecular weight is 371 g/mol. The molecule has 0 bridgehead atoms. The Hall–Kier alpha value is -2.51. The molecular formula is C19H21N3O3S. The molecule has 2 aromatic heterocycles. The van der Waals surface area contributed by atoms with Crippen molar-refractivity contribution in [3.8, 4) is 0 Å². The molecule has 6 nitrogen and oxygen atoms in total. The van der Waals surface area contributed by atoms with Crippen molar-refractivity contribution in [2.45, 2.75) is 32.4 Å². The van der Waals surface area contributed by atoms with Crippen molar-refractivity contribution in [3.63, 3.8) is 0 Å². The maximum Gasteiger partial charge on any atom is 0.249 e. The molecule has 0 aliphatic heterocycles. The van der Waals surface area contributed by atoms with Gasteiger partial charge in [-0.25, -0.2) is 0 Å². The van der Waals surface area contributed by atoms with E-state index in [1.54, 1.807) is 18.4 Å². The van der Waals surface area contributed by atoms with E-state index < -0.39 is 6.10 Å². The molecule has 2 heterocycles. The number of ether oxygens (including phenoxy) is 1. The third kappa shape index (κ3) is 4.77. The first-order valence-electron chi connectivity index (χ1n) is 8.37. The fourth-order valence-corrected chi connectivity index (χ4v) is 3.39. The standard InChI is InChI=1S/C19H21N3O3S/c1-13-8-9-15(26-13)12-20-16(23)10-11-17-21-22-19(25-17)18(24-2)14-6-4-3-5-7-14/h3-9,18H,10-12H2,1-2H3,(H,20,23). The predicted octanol–water partition coefficient (Wildman–Crippen LogP) is 3.42. The number of carbonyl (C=O) groups is 1. The van der Waals surface area contributed by atoms with Crippen LogP contribution in [0.3, 0.4) is 0 Å². The van der Waals surface area contributed by atoms with Gasteiger partial charge in [0.15, 0.2) is 6.10 Å². The monoisotopic (exact) mass is 371 g/mol. The van der Waals surface area contributed by atoms with E-state index in [-0.39, 0.29) is 5.91 Å². The molecule has 0 fully saturated rings. The van der Waals surface area contributed by atoms with Crippen molar-refractivity contribution in [2.24, 2.45) is 0 Å². The number of hydrogen-bond donors (Lipinski definition) is 1. The summed E-state index contributed by atoms with van der Waals surface area (Å²) in [5, 5.41) is 11.0. The lowest BCUT2D eigenvalue weighted by molar-refractivity contribution is -0.121. The van der Waals surface area contributed by atoms with Crippen LogP contribution in [-0.2, 0) is 22.5 Å². The Kier molecular flexibility index (Phi) is 6.14. The number of carbonyl (C=O) groups excluding carboxylic acids is 1. The molecule has 1 atom stereocenters. The summed E-state index contributed by atoms with van der Waals surface area (Å²) in [7, 11) is 1.60. The zero-order chi connectivity index (χ0) is 18.4. The molecule has 1 amide bonds. The van der Waals surface area contributed by atoms with E-state index in [4.69, 9.17) is 9.15 Å². The lowest BCUT2D eigenvalue weighted by Gasteiger charge is -2.10. The second kappa shape index (κ2) is 8.73. The van der Waals surface area contributed by atoms with E-state index in [1.165, 1.54) is 4.88 Å². The summed E-state index contributed by atoms with van der Waals surface area (Å²) in [5.74, 6) is 0.783. The Morgan fingerprint density at radius 2 is 2.04 bits per heavy atom.